The van der Waals surface area contributed by atoms with Gasteiger partial charge >= 0.3 is 0 Å². The number of aliphatic hydroxyl groups is 1. The first-order valence-electron chi connectivity index (χ1n) is 5.95. The summed E-state index contributed by atoms with van der Waals surface area (Å²) >= 11 is 0. The van der Waals surface area contributed by atoms with Crippen LogP contribution in [0, 0.1) is 0 Å². The number of aliphatic hydroxyl groups excluding tert-OH is 1. The van der Waals surface area contributed by atoms with Gasteiger partial charge in [0.2, 0.25) is 0 Å². The third-order valence-electron chi connectivity index (χ3n) is 2.53. The molecule has 86 valence electrons. The van der Waals surface area contributed by atoms with Crippen LogP contribution in [0.3, 0.4) is 0 Å². The van der Waals surface area contributed by atoms with Crippen LogP contribution in [-0.4, -0.2) is 21.0 Å². The predicted octanol–water partition coefficient (Wildman–Crippen LogP) is 2.39. The standard InChI is InChI=1S/C12H22N2O/c1-3-5-12(15)7-6-11-9-13-14(10-11)8-4-2/h9-10,12,15H,3-8H2,1-2H3. The van der Waals surface area contributed by atoms with Gasteiger partial charge < -0.3 is 5.11 Å². The maximum Gasteiger partial charge on any atom is 0.0543 e. The fourth-order valence-electron chi connectivity index (χ4n) is 1.70. The van der Waals surface area contributed by atoms with Crippen molar-refractivity contribution >= 4 is 0 Å². The van der Waals surface area contributed by atoms with E-state index in [-0.39, 0.29) is 6.10 Å². The van der Waals surface area contributed by atoms with Crippen molar-refractivity contribution in [3.8, 4) is 0 Å². The van der Waals surface area contributed by atoms with Gasteiger partial charge in [0, 0.05) is 12.7 Å². The summed E-state index contributed by atoms with van der Waals surface area (Å²) in [5.41, 5.74) is 1.23. The number of hydrogen-bond donors (Lipinski definition) is 1. The third kappa shape index (κ3) is 4.47. The van der Waals surface area contributed by atoms with Crippen LogP contribution in [0.15, 0.2) is 12.4 Å². The van der Waals surface area contributed by atoms with E-state index >= 15 is 0 Å². The Labute approximate surface area is 92.1 Å². The fourth-order valence-corrected chi connectivity index (χ4v) is 1.70. The number of aryl methyl sites for hydroxylation is 2. The zero-order valence-electron chi connectivity index (χ0n) is 9.82. The zero-order valence-corrected chi connectivity index (χ0v) is 9.82. The quantitative estimate of drug-likeness (QED) is 0.750. The van der Waals surface area contributed by atoms with Gasteiger partial charge in [-0.3, -0.25) is 4.68 Å². The van der Waals surface area contributed by atoms with E-state index < -0.39 is 0 Å². The second kappa shape index (κ2) is 6.62. The van der Waals surface area contributed by atoms with Gasteiger partial charge in [-0.15, -0.1) is 0 Å². The molecule has 1 rings (SSSR count). The van der Waals surface area contributed by atoms with E-state index in [2.05, 4.69) is 25.1 Å². The van der Waals surface area contributed by atoms with Gasteiger partial charge in [-0.2, -0.15) is 5.10 Å². The minimum atomic E-state index is -0.149. The third-order valence-corrected chi connectivity index (χ3v) is 2.53. The summed E-state index contributed by atoms with van der Waals surface area (Å²) < 4.78 is 1.97. The normalized spacial score (nSPS) is 13.0. The van der Waals surface area contributed by atoms with E-state index in [9.17, 15) is 5.11 Å². The molecule has 0 aromatic carbocycles. The fraction of sp³-hybridized carbons (Fsp3) is 0.750. The molecule has 1 N–H and O–H groups in total. The second-order valence-electron chi connectivity index (χ2n) is 4.09. The molecule has 0 amide bonds. The van der Waals surface area contributed by atoms with Crippen molar-refractivity contribution in [2.75, 3.05) is 0 Å². The first-order chi connectivity index (χ1) is 7.26. The molecule has 0 fully saturated rings. The van der Waals surface area contributed by atoms with Gasteiger partial charge in [-0.05, 0) is 31.2 Å². The van der Waals surface area contributed by atoms with E-state index in [0.717, 1.165) is 38.6 Å². The van der Waals surface area contributed by atoms with Crippen LogP contribution in [0.25, 0.3) is 0 Å². The maximum absolute atomic E-state index is 9.59. The average Bonchev–Trinajstić information content (AvgIpc) is 2.64. The molecule has 0 aliphatic heterocycles. The number of rotatable bonds is 7. The molecule has 3 heteroatoms. The SMILES string of the molecule is CCCC(O)CCc1cnn(CCC)c1. The molecule has 3 nitrogen and oxygen atoms in total. The van der Waals surface area contributed by atoms with Gasteiger partial charge in [0.25, 0.3) is 0 Å². The lowest BCUT2D eigenvalue weighted by Gasteiger charge is -2.06. The largest absolute Gasteiger partial charge is 0.393 e. The van der Waals surface area contributed by atoms with Gasteiger partial charge in [0.05, 0.1) is 12.3 Å². The van der Waals surface area contributed by atoms with E-state index in [1.54, 1.807) is 0 Å². The van der Waals surface area contributed by atoms with Crippen LogP contribution < -0.4 is 0 Å². The van der Waals surface area contributed by atoms with Gasteiger partial charge in [-0.1, -0.05) is 20.3 Å². The smallest absolute Gasteiger partial charge is 0.0543 e. The number of hydrogen-bond acceptors (Lipinski definition) is 2. The molecule has 1 heterocycles. The Morgan fingerprint density at radius 3 is 2.80 bits per heavy atom. The highest BCUT2D eigenvalue weighted by atomic mass is 16.3. The first-order valence-corrected chi connectivity index (χ1v) is 5.95. The molecule has 1 unspecified atom stereocenters. The Bertz CT molecular complexity index is 270. The molecule has 1 aromatic rings. The lowest BCUT2D eigenvalue weighted by Crippen LogP contribution is -2.06. The Hall–Kier alpha value is -0.830. The molecule has 0 bridgehead atoms. The topological polar surface area (TPSA) is 38.1 Å². The summed E-state index contributed by atoms with van der Waals surface area (Å²) in [5.74, 6) is 0. The molecular formula is C12H22N2O. The summed E-state index contributed by atoms with van der Waals surface area (Å²) in [7, 11) is 0. The van der Waals surface area contributed by atoms with Gasteiger partial charge in [0.1, 0.15) is 0 Å². The van der Waals surface area contributed by atoms with E-state index in [4.69, 9.17) is 0 Å². The van der Waals surface area contributed by atoms with Gasteiger partial charge in [-0.25, -0.2) is 0 Å². The molecule has 1 atom stereocenters. The lowest BCUT2D eigenvalue weighted by atomic mass is 10.1. The van der Waals surface area contributed by atoms with Crippen LogP contribution >= 0.6 is 0 Å². The van der Waals surface area contributed by atoms with E-state index in [1.165, 1.54) is 5.56 Å². The van der Waals surface area contributed by atoms with Crippen molar-refractivity contribution in [2.24, 2.45) is 0 Å². The van der Waals surface area contributed by atoms with Crippen LogP contribution in [0.4, 0.5) is 0 Å². The Balaban J connectivity index is 2.30. The van der Waals surface area contributed by atoms with E-state index in [0.29, 0.717) is 0 Å². The van der Waals surface area contributed by atoms with Crippen molar-refractivity contribution in [3.05, 3.63) is 18.0 Å². The van der Waals surface area contributed by atoms with E-state index in [1.807, 2.05) is 10.9 Å². The lowest BCUT2D eigenvalue weighted by molar-refractivity contribution is 0.154. The highest BCUT2D eigenvalue weighted by Gasteiger charge is 2.04. The molecule has 0 saturated heterocycles. The molecule has 0 aliphatic carbocycles. The summed E-state index contributed by atoms with van der Waals surface area (Å²) in [6, 6.07) is 0. The van der Waals surface area contributed by atoms with Crippen molar-refractivity contribution in [3.63, 3.8) is 0 Å². The summed E-state index contributed by atoms with van der Waals surface area (Å²) in [5, 5.41) is 13.9. The van der Waals surface area contributed by atoms with Crippen LogP contribution in [-0.2, 0) is 13.0 Å². The summed E-state index contributed by atoms with van der Waals surface area (Å²) in [4.78, 5) is 0. The van der Waals surface area contributed by atoms with Crippen LogP contribution in [0.1, 0.15) is 45.1 Å². The highest BCUT2D eigenvalue weighted by Crippen LogP contribution is 2.08. The zero-order chi connectivity index (χ0) is 11.1. The number of aromatic nitrogens is 2. The second-order valence-corrected chi connectivity index (χ2v) is 4.09. The molecule has 0 aliphatic rings. The van der Waals surface area contributed by atoms with Crippen LogP contribution in [0.5, 0.6) is 0 Å². The predicted molar refractivity (Wildman–Crippen MR) is 61.8 cm³/mol. The average molecular weight is 210 g/mol. The molecule has 1 aromatic heterocycles. The minimum Gasteiger partial charge on any atom is -0.393 e. The Morgan fingerprint density at radius 1 is 1.33 bits per heavy atom. The Morgan fingerprint density at radius 2 is 2.13 bits per heavy atom. The molecule has 15 heavy (non-hydrogen) atoms. The number of nitrogens with zero attached hydrogens (tertiary/aromatic N) is 2. The Kier molecular flexibility index (Phi) is 5.40. The van der Waals surface area contributed by atoms with Crippen molar-refractivity contribution in [1.82, 2.24) is 9.78 Å². The maximum atomic E-state index is 9.59. The van der Waals surface area contributed by atoms with Crippen molar-refractivity contribution in [2.45, 2.75) is 58.6 Å². The molecule has 0 saturated carbocycles. The summed E-state index contributed by atoms with van der Waals surface area (Å²) in [6.07, 6.45) is 8.70. The van der Waals surface area contributed by atoms with Crippen molar-refractivity contribution < 1.29 is 5.11 Å². The van der Waals surface area contributed by atoms with Crippen molar-refractivity contribution in [1.29, 1.82) is 0 Å². The highest BCUT2D eigenvalue weighted by molar-refractivity contribution is 5.04. The first kappa shape index (κ1) is 12.2. The van der Waals surface area contributed by atoms with Crippen LogP contribution in [0.2, 0.25) is 0 Å². The summed E-state index contributed by atoms with van der Waals surface area (Å²) in [6.45, 7) is 5.23. The monoisotopic (exact) mass is 210 g/mol. The minimum absolute atomic E-state index is 0.149. The molecule has 0 radical (unpaired) electrons. The molecular weight excluding hydrogens is 188 g/mol. The van der Waals surface area contributed by atoms with Gasteiger partial charge in [0.15, 0.2) is 0 Å². The molecule has 0 spiro atoms.